The Bertz CT molecular complexity index is 1440. The molecule has 3 aromatic rings. The molecule has 0 radical (unpaired) electrons. The number of aromatic nitrogens is 2. The fourth-order valence-electron chi connectivity index (χ4n) is 5.30. The minimum absolute atomic E-state index is 0.0643. The van der Waals surface area contributed by atoms with Crippen LogP contribution in [-0.2, 0) is 23.4 Å². The molecule has 0 aliphatic carbocycles. The van der Waals surface area contributed by atoms with Crippen LogP contribution in [0.5, 0.6) is 0 Å². The van der Waals surface area contributed by atoms with E-state index in [0.29, 0.717) is 56.2 Å². The molecule has 1 spiro atoms. The van der Waals surface area contributed by atoms with Gasteiger partial charge in [0, 0.05) is 39.1 Å². The highest BCUT2D eigenvalue weighted by atomic mass is 35.5. The number of hydrogen-bond donors (Lipinski definition) is 2. The van der Waals surface area contributed by atoms with E-state index >= 15 is 4.39 Å². The number of nitrogens with one attached hydrogen (secondary N) is 2. The smallest absolute Gasteiger partial charge is 0.412 e. The van der Waals surface area contributed by atoms with Crippen LogP contribution in [-0.4, -0.2) is 59.4 Å². The third-order valence-electron chi connectivity index (χ3n) is 7.33. The maximum absolute atomic E-state index is 15.1. The monoisotopic (exact) mass is 554 g/mol. The largest absolute Gasteiger partial charge is 0.436 e. The van der Waals surface area contributed by atoms with Crippen LogP contribution in [0, 0.1) is 5.82 Å². The third-order valence-corrected chi connectivity index (χ3v) is 7.62. The van der Waals surface area contributed by atoms with E-state index < -0.39 is 23.7 Å². The number of fused-ring (bicyclic) bond motifs is 2. The molecule has 202 valence electrons. The van der Waals surface area contributed by atoms with Gasteiger partial charge in [-0.05, 0) is 29.3 Å². The van der Waals surface area contributed by atoms with Crippen molar-refractivity contribution in [3.05, 3.63) is 81.8 Å². The number of likely N-dealkylation sites (tertiary alicyclic amines) is 1. The van der Waals surface area contributed by atoms with E-state index in [9.17, 15) is 14.0 Å². The lowest BCUT2D eigenvalue weighted by Gasteiger charge is -2.35. The Kier molecular flexibility index (Phi) is 6.56. The molecule has 0 saturated carbocycles. The molecule has 1 atom stereocenters. The molecule has 2 N–H and O–H groups in total. The number of benzene rings is 2. The van der Waals surface area contributed by atoms with Gasteiger partial charge < -0.3 is 15.0 Å². The molecule has 2 amide bonds. The third kappa shape index (κ3) is 4.99. The molecule has 12 heteroatoms. The van der Waals surface area contributed by atoms with Crippen molar-refractivity contribution in [2.24, 2.45) is 0 Å². The second kappa shape index (κ2) is 10.0. The van der Waals surface area contributed by atoms with Gasteiger partial charge in [-0.2, -0.15) is 5.10 Å². The minimum Gasteiger partial charge on any atom is -0.436 e. The van der Waals surface area contributed by atoms with Crippen LogP contribution in [0.2, 0.25) is 5.02 Å². The summed E-state index contributed by atoms with van der Waals surface area (Å²) in [5.74, 6) is -0.559. The zero-order valence-corrected chi connectivity index (χ0v) is 21.5. The fraction of sp³-hybridized carbons (Fsp3) is 0.333. The van der Waals surface area contributed by atoms with E-state index in [1.807, 2.05) is 29.2 Å². The Morgan fingerprint density at radius 2 is 1.97 bits per heavy atom. The van der Waals surface area contributed by atoms with Crippen molar-refractivity contribution < 1.29 is 23.1 Å². The molecule has 2 saturated heterocycles. The number of nitrogens with zero attached hydrogens (tertiary/aromatic N) is 4. The van der Waals surface area contributed by atoms with Crippen molar-refractivity contribution in [1.82, 2.24) is 20.4 Å². The number of alkyl halides is 1. The van der Waals surface area contributed by atoms with Crippen LogP contribution in [0.3, 0.4) is 0 Å². The van der Waals surface area contributed by atoms with E-state index in [-0.39, 0.29) is 23.0 Å². The first kappa shape index (κ1) is 25.4. The molecule has 2 fully saturated rings. The molecule has 4 heterocycles. The molecule has 0 bridgehead atoms. The van der Waals surface area contributed by atoms with Gasteiger partial charge in [0.05, 0.1) is 34.6 Å². The predicted octanol–water partition coefficient (Wildman–Crippen LogP) is 4.02. The maximum atomic E-state index is 15.1. The number of amides is 2. The van der Waals surface area contributed by atoms with Crippen molar-refractivity contribution in [3.8, 4) is 0 Å². The molecule has 6 rings (SSSR count). The lowest BCUT2D eigenvalue weighted by atomic mass is 9.89. The highest BCUT2D eigenvalue weighted by Crippen LogP contribution is 2.46. The molecule has 1 aromatic heterocycles. The van der Waals surface area contributed by atoms with Crippen LogP contribution in [0.25, 0.3) is 0 Å². The van der Waals surface area contributed by atoms with Gasteiger partial charge in [-0.15, -0.1) is 5.10 Å². The maximum Gasteiger partial charge on any atom is 0.412 e. The van der Waals surface area contributed by atoms with Gasteiger partial charge in [-0.1, -0.05) is 35.9 Å². The molecule has 9 nitrogen and oxygen atoms in total. The fourth-order valence-corrected chi connectivity index (χ4v) is 5.46. The Hall–Kier alpha value is -3.83. The molecule has 3 aliphatic rings. The van der Waals surface area contributed by atoms with Crippen LogP contribution in [0.4, 0.5) is 25.1 Å². The summed E-state index contributed by atoms with van der Waals surface area (Å²) in [5, 5.41) is 13.5. The highest BCUT2D eigenvalue weighted by Gasteiger charge is 2.50. The van der Waals surface area contributed by atoms with E-state index in [1.165, 1.54) is 12.3 Å². The van der Waals surface area contributed by atoms with Crippen molar-refractivity contribution in [3.63, 3.8) is 0 Å². The standard InChI is InChI=1S/C27H25ClF2N6O3/c28-20-5-6-21-23(24(20)30)27(39-26(38)33-21)7-8-36(15-27)22-9-18(11-32-34-22)25(37)31-10-16-1-3-17(4-2-16)12-35-13-19(29)14-35/h1-6,9,11,19H,7-8,10,12-15H2,(H,31,37)(H,33,38)/t27-/m1/s1. The van der Waals surface area contributed by atoms with Crippen LogP contribution >= 0.6 is 11.6 Å². The molecule has 3 aliphatic heterocycles. The normalized spacial score (nSPS) is 20.8. The van der Waals surface area contributed by atoms with Gasteiger partial charge in [0.1, 0.15) is 6.17 Å². The van der Waals surface area contributed by atoms with E-state index in [1.54, 1.807) is 17.0 Å². The number of carbonyl (C=O) groups is 2. The quantitative estimate of drug-likeness (QED) is 0.475. The van der Waals surface area contributed by atoms with Crippen molar-refractivity contribution in [2.75, 3.05) is 36.4 Å². The van der Waals surface area contributed by atoms with Crippen molar-refractivity contribution in [1.29, 1.82) is 0 Å². The Balaban J connectivity index is 1.12. The zero-order chi connectivity index (χ0) is 27.1. The number of rotatable bonds is 6. The first-order chi connectivity index (χ1) is 18.8. The predicted molar refractivity (Wildman–Crippen MR) is 140 cm³/mol. The zero-order valence-electron chi connectivity index (χ0n) is 20.8. The summed E-state index contributed by atoms with van der Waals surface area (Å²) < 4.78 is 33.7. The van der Waals surface area contributed by atoms with E-state index in [2.05, 4.69) is 20.8 Å². The van der Waals surface area contributed by atoms with Gasteiger partial charge in [0.25, 0.3) is 5.91 Å². The van der Waals surface area contributed by atoms with Crippen LogP contribution < -0.4 is 15.5 Å². The first-order valence-electron chi connectivity index (χ1n) is 12.6. The first-order valence-corrected chi connectivity index (χ1v) is 13.0. The van der Waals surface area contributed by atoms with Gasteiger partial charge >= 0.3 is 6.09 Å². The lowest BCUT2D eigenvalue weighted by Crippen LogP contribution is -2.47. The van der Waals surface area contributed by atoms with E-state index in [0.717, 1.165) is 11.1 Å². The van der Waals surface area contributed by atoms with E-state index in [4.69, 9.17) is 16.3 Å². The Morgan fingerprint density at radius 3 is 2.74 bits per heavy atom. The topological polar surface area (TPSA) is 99.7 Å². The summed E-state index contributed by atoms with van der Waals surface area (Å²) in [7, 11) is 0. The second-order valence-corrected chi connectivity index (χ2v) is 10.5. The molecular formula is C27H25ClF2N6O3. The number of anilines is 2. The number of hydrogen-bond acceptors (Lipinski definition) is 7. The van der Waals surface area contributed by atoms with Crippen LogP contribution in [0.1, 0.15) is 33.5 Å². The average Bonchev–Trinajstić information content (AvgIpc) is 3.33. The molecule has 2 aromatic carbocycles. The Labute approximate surface area is 228 Å². The average molecular weight is 555 g/mol. The summed E-state index contributed by atoms with van der Waals surface area (Å²) in [6.45, 7) is 2.49. The summed E-state index contributed by atoms with van der Waals surface area (Å²) in [6, 6.07) is 12.4. The number of carbonyl (C=O) groups excluding carboxylic acids is 2. The number of halogens is 3. The highest BCUT2D eigenvalue weighted by molar-refractivity contribution is 6.31. The van der Waals surface area contributed by atoms with Gasteiger partial charge in [-0.3, -0.25) is 15.0 Å². The minimum atomic E-state index is -1.25. The van der Waals surface area contributed by atoms with Gasteiger partial charge in [0.15, 0.2) is 17.2 Å². The van der Waals surface area contributed by atoms with Crippen molar-refractivity contribution >= 4 is 35.1 Å². The summed E-state index contributed by atoms with van der Waals surface area (Å²) in [5.41, 5.74) is 1.59. The Morgan fingerprint density at radius 1 is 1.21 bits per heavy atom. The van der Waals surface area contributed by atoms with Gasteiger partial charge in [0.2, 0.25) is 0 Å². The summed E-state index contributed by atoms with van der Waals surface area (Å²) in [6.07, 6.45) is 0.283. The van der Waals surface area contributed by atoms with Crippen molar-refractivity contribution in [2.45, 2.75) is 31.3 Å². The SMILES string of the molecule is O=C1Nc2ccc(Cl)c(F)c2[C@]2(CCN(c3cc(C(=O)NCc4ccc(CN5CC(F)C5)cc4)cnn3)C2)O1. The lowest BCUT2D eigenvalue weighted by molar-refractivity contribution is 0.0263. The van der Waals surface area contributed by atoms with Gasteiger partial charge in [-0.25, -0.2) is 13.6 Å². The number of ether oxygens (including phenoxy) is 1. The second-order valence-electron chi connectivity index (χ2n) is 10.1. The molecule has 0 unspecified atom stereocenters. The van der Waals surface area contributed by atoms with Crippen LogP contribution in [0.15, 0.2) is 48.7 Å². The summed E-state index contributed by atoms with van der Waals surface area (Å²) >= 11 is 6.03. The molecular weight excluding hydrogens is 530 g/mol. The molecule has 39 heavy (non-hydrogen) atoms. The summed E-state index contributed by atoms with van der Waals surface area (Å²) in [4.78, 5) is 29.0.